The van der Waals surface area contributed by atoms with Gasteiger partial charge in [-0.05, 0) is 24.5 Å². The number of rotatable bonds is 5. The Morgan fingerprint density at radius 3 is 2.75 bits per heavy atom. The number of ether oxygens (including phenoxy) is 1. The second-order valence-electron chi connectivity index (χ2n) is 4.00. The van der Waals surface area contributed by atoms with E-state index in [9.17, 15) is 4.79 Å². The minimum Gasteiger partial charge on any atom is -0.493 e. The fourth-order valence-electron chi connectivity index (χ4n) is 1.26. The van der Waals surface area contributed by atoms with Gasteiger partial charge in [0.1, 0.15) is 5.75 Å². The number of amides is 1. The zero-order chi connectivity index (χ0) is 12.0. The molecule has 1 aromatic rings. The van der Waals surface area contributed by atoms with Crippen LogP contribution in [0.3, 0.4) is 0 Å². The third kappa shape index (κ3) is 3.55. The van der Waals surface area contributed by atoms with Gasteiger partial charge in [0.05, 0.1) is 12.2 Å². The molecule has 0 radical (unpaired) electrons. The van der Waals surface area contributed by atoms with E-state index >= 15 is 0 Å². The first-order valence-electron chi connectivity index (χ1n) is 5.38. The van der Waals surface area contributed by atoms with E-state index in [0.29, 0.717) is 23.8 Å². The summed E-state index contributed by atoms with van der Waals surface area (Å²) in [6, 6.07) is 7.07. The molecule has 0 aliphatic rings. The summed E-state index contributed by atoms with van der Waals surface area (Å²) in [6.45, 7) is 4.86. The Kier molecular flexibility index (Phi) is 4.79. The molecule has 1 amide bonds. The Bertz CT molecular complexity index is 351. The molecule has 0 aliphatic carbocycles. The largest absolute Gasteiger partial charge is 0.493 e. The topological polar surface area (TPSA) is 64.3 Å². The maximum absolute atomic E-state index is 11.4. The van der Waals surface area contributed by atoms with Gasteiger partial charge in [-0.3, -0.25) is 10.2 Å². The highest BCUT2D eigenvalue weighted by Gasteiger charge is 2.10. The molecule has 0 aliphatic heterocycles. The highest BCUT2D eigenvalue weighted by atomic mass is 16.5. The number of hydrazine groups is 1. The smallest absolute Gasteiger partial charge is 0.268 e. The monoisotopic (exact) mass is 222 g/mol. The Morgan fingerprint density at radius 2 is 2.12 bits per heavy atom. The molecule has 1 aromatic carbocycles. The van der Waals surface area contributed by atoms with Crippen LogP contribution >= 0.6 is 0 Å². The fraction of sp³-hybridized carbons (Fsp3) is 0.417. The maximum Gasteiger partial charge on any atom is 0.268 e. The molecular formula is C12H18N2O2. The highest BCUT2D eigenvalue weighted by Crippen LogP contribution is 2.18. The summed E-state index contributed by atoms with van der Waals surface area (Å²) in [5.74, 6) is 5.92. The Balaban J connectivity index is 2.67. The Labute approximate surface area is 95.8 Å². The fourth-order valence-corrected chi connectivity index (χ4v) is 1.26. The third-order valence-corrected chi connectivity index (χ3v) is 2.22. The molecule has 0 fully saturated rings. The van der Waals surface area contributed by atoms with Crippen LogP contribution in [-0.4, -0.2) is 12.5 Å². The second-order valence-corrected chi connectivity index (χ2v) is 4.00. The molecule has 16 heavy (non-hydrogen) atoms. The lowest BCUT2D eigenvalue weighted by Crippen LogP contribution is -2.30. The van der Waals surface area contributed by atoms with Gasteiger partial charge in [-0.15, -0.1) is 0 Å². The predicted octanol–water partition coefficient (Wildman–Crippen LogP) is 1.71. The van der Waals surface area contributed by atoms with E-state index in [2.05, 4.69) is 19.3 Å². The van der Waals surface area contributed by atoms with Gasteiger partial charge in [-0.1, -0.05) is 26.0 Å². The molecule has 0 unspecified atom stereocenters. The molecule has 0 saturated heterocycles. The van der Waals surface area contributed by atoms with Crippen molar-refractivity contribution in [2.75, 3.05) is 6.61 Å². The van der Waals surface area contributed by atoms with Gasteiger partial charge in [0.25, 0.3) is 5.91 Å². The minimum absolute atomic E-state index is 0.333. The lowest BCUT2D eigenvalue weighted by atomic mass is 10.1. The summed E-state index contributed by atoms with van der Waals surface area (Å²) in [5, 5.41) is 0. The van der Waals surface area contributed by atoms with Gasteiger partial charge in [0.2, 0.25) is 0 Å². The molecule has 4 heteroatoms. The van der Waals surface area contributed by atoms with E-state index in [1.807, 2.05) is 6.07 Å². The number of nitrogens with two attached hydrogens (primary N) is 1. The summed E-state index contributed by atoms with van der Waals surface area (Å²) in [5.41, 5.74) is 2.57. The summed E-state index contributed by atoms with van der Waals surface area (Å²) >= 11 is 0. The van der Waals surface area contributed by atoms with E-state index < -0.39 is 0 Å². The molecule has 0 saturated carbocycles. The van der Waals surface area contributed by atoms with Gasteiger partial charge in [-0.25, -0.2) is 5.84 Å². The zero-order valence-electron chi connectivity index (χ0n) is 9.69. The van der Waals surface area contributed by atoms with Crippen molar-refractivity contribution >= 4 is 5.91 Å². The third-order valence-electron chi connectivity index (χ3n) is 2.22. The molecule has 88 valence electrons. The second kappa shape index (κ2) is 6.12. The summed E-state index contributed by atoms with van der Waals surface area (Å²) in [7, 11) is 0. The lowest BCUT2D eigenvalue weighted by Gasteiger charge is -2.11. The van der Waals surface area contributed by atoms with Crippen LogP contribution in [0.4, 0.5) is 0 Å². The molecule has 0 spiro atoms. The number of hydrogen-bond donors (Lipinski definition) is 2. The van der Waals surface area contributed by atoms with Crippen LogP contribution in [0.1, 0.15) is 30.6 Å². The lowest BCUT2D eigenvalue weighted by molar-refractivity contribution is 0.0949. The van der Waals surface area contributed by atoms with Crippen molar-refractivity contribution in [1.82, 2.24) is 5.43 Å². The van der Waals surface area contributed by atoms with Crippen molar-refractivity contribution < 1.29 is 9.53 Å². The van der Waals surface area contributed by atoms with Crippen LogP contribution < -0.4 is 16.0 Å². The Hall–Kier alpha value is -1.55. The molecule has 0 atom stereocenters. The average Bonchev–Trinajstić information content (AvgIpc) is 2.28. The molecule has 0 bridgehead atoms. The first-order chi connectivity index (χ1) is 7.65. The van der Waals surface area contributed by atoms with E-state index in [4.69, 9.17) is 10.6 Å². The van der Waals surface area contributed by atoms with E-state index in [-0.39, 0.29) is 5.91 Å². The zero-order valence-corrected chi connectivity index (χ0v) is 9.69. The van der Waals surface area contributed by atoms with Crippen molar-refractivity contribution in [3.8, 4) is 5.75 Å². The first kappa shape index (κ1) is 12.5. The van der Waals surface area contributed by atoms with Crippen molar-refractivity contribution in [3.05, 3.63) is 29.8 Å². The summed E-state index contributed by atoms with van der Waals surface area (Å²) < 4.78 is 5.55. The van der Waals surface area contributed by atoms with Gasteiger partial charge >= 0.3 is 0 Å². The summed E-state index contributed by atoms with van der Waals surface area (Å²) in [4.78, 5) is 11.4. The van der Waals surface area contributed by atoms with Crippen LogP contribution in [0.5, 0.6) is 5.75 Å². The number of nitrogens with one attached hydrogen (secondary N) is 1. The number of carbonyl (C=O) groups is 1. The molecule has 0 heterocycles. The molecule has 4 nitrogen and oxygen atoms in total. The quantitative estimate of drug-likeness (QED) is 0.453. The van der Waals surface area contributed by atoms with Gasteiger partial charge in [-0.2, -0.15) is 0 Å². The first-order valence-corrected chi connectivity index (χ1v) is 5.38. The van der Waals surface area contributed by atoms with Crippen molar-refractivity contribution in [2.45, 2.75) is 20.3 Å². The maximum atomic E-state index is 11.4. The SMILES string of the molecule is CC(C)CCOc1ccccc1C(=O)NN. The van der Waals surface area contributed by atoms with Crippen molar-refractivity contribution in [2.24, 2.45) is 11.8 Å². The molecule has 3 N–H and O–H groups in total. The number of benzene rings is 1. The van der Waals surface area contributed by atoms with Gasteiger partial charge < -0.3 is 4.74 Å². The van der Waals surface area contributed by atoms with Crippen LogP contribution in [0, 0.1) is 5.92 Å². The summed E-state index contributed by atoms with van der Waals surface area (Å²) in [6.07, 6.45) is 0.957. The van der Waals surface area contributed by atoms with Crippen LogP contribution in [0.2, 0.25) is 0 Å². The number of carbonyl (C=O) groups excluding carboxylic acids is 1. The van der Waals surface area contributed by atoms with Gasteiger partial charge in [0, 0.05) is 0 Å². The Morgan fingerprint density at radius 1 is 1.44 bits per heavy atom. The number of para-hydroxylation sites is 1. The standard InChI is InChI=1S/C12H18N2O2/c1-9(2)7-8-16-11-6-4-3-5-10(11)12(15)14-13/h3-6,9H,7-8,13H2,1-2H3,(H,14,15). The van der Waals surface area contributed by atoms with Gasteiger partial charge in [0.15, 0.2) is 0 Å². The minimum atomic E-state index is -0.333. The van der Waals surface area contributed by atoms with E-state index in [1.54, 1.807) is 18.2 Å². The van der Waals surface area contributed by atoms with E-state index in [0.717, 1.165) is 6.42 Å². The van der Waals surface area contributed by atoms with E-state index in [1.165, 1.54) is 0 Å². The normalized spacial score (nSPS) is 10.2. The van der Waals surface area contributed by atoms with Crippen molar-refractivity contribution in [1.29, 1.82) is 0 Å². The average molecular weight is 222 g/mol. The molecule has 0 aromatic heterocycles. The highest BCUT2D eigenvalue weighted by molar-refractivity contribution is 5.96. The van der Waals surface area contributed by atoms with Crippen LogP contribution in [0.25, 0.3) is 0 Å². The molecule has 1 rings (SSSR count). The predicted molar refractivity (Wildman–Crippen MR) is 63.0 cm³/mol. The number of nitrogen functional groups attached to an aromatic ring is 1. The van der Waals surface area contributed by atoms with Crippen LogP contribution in [-0.2, 0) is 0 Å². The van der Waals surface area contributed by atoms with Crippen LogP contribution in [0.15, 0.2) is 24.3 Å². The number of hydrogen-bond acceptors (Lipinski definition) is 3. The van der Waals surface area contributed by atoms with Crippen molar-refractivity contribution in [3.63, 3.8) is 0 Å². The molecular weight excluding hydrogens is 204 g/mol.